The first kappa shape index (κ1) is 10.1. The Balaban J connectivity index is 2.88. The highest BCUT2D eigenvalue weighted by atomic mass is 16.5. The van der Waals surface area contributed by atoms with Gasteiger partial charge < -0.3 is 14.2 Å². The Kier molecular flexibility index (Phi) is 2.98. The summed E-state index contributed by atoms with van der Waals surface area (Å²) in [6, 6.07) is 0. The first-order chi connectivity index (χ1) is 6.13. The van der Waals surface area contributed by atoms with Crippen molar-refractivity contribution in [2.45, 2.75) is 18.9 Å². The van der Waals surface area contributed by atoms with Gasteiger partial charge in [-0.05, 0) is 13.0 Å². The van der Waals surface area contributed by atoms with Crippen molar-refractivity contribution in [3.05, 3.63) is 23.7 Å². The lowest BCUT2D eigenvalue weighted by Gasteiger charge is -2.29. The van der Waals surface area contributed by atoms with Crippen LogP contribution in [0.5, 0.6) is 0 Å². The Morgan fingerprint density at radius 2 is 1.92 bits per heavy atom. The number of rotatable bonds is 3. The van der Waals surface area contributed by atoms with Gasteiger partial charge in [-0.15, -0.1) is 0 Å². The summed E-state index contributed by atoms with van der Waals surface area (Å²) in [4.78, 5) is 0. The maximum absolute atomic E-state index is 5.37. The second-order valence-electron chi connectivity index (χ2n) is 3.26. The maximum Gasteiger partial charge on any atom is 0.121 e. The fourth-order valence-electron chi connectivity index (χ4n) is 1.33. The van der Waals surface area contributed by atoms with Gasteiger partial charge in [0, 0.05) is 19.6 Å². The lowest BCUT2D eigenvalue weighted by molar-refractivity contribution is 0.0308. The van der Waals surface area contributed by atoms with Crippen LogP contribution in [0.2, 0.25) is 0 Å². The van der Waals surface area contributed by atoms with Gasteiger partial charge in [0.2, 0.25) is 0 Å². The van der Waals surface area contributed by atoms with Crippen molar-refractivity contribution in [1.29, 1.82) is 0 Å². The molecule has 0 aromatic rings. The van der Waals surface area contributed by atoms with E-state index in [1.165, 1.54) is 0 Å². The van der Waals surface area contributed by atoms with Gasteiger partial charge in [0.1, 0.15) is 11.5 Å². The van der Waals surface area contributed by atoms with Gasteiger partial charge in [-0.3, -0.25) is 0 Å². The summed E-state index contributed by atoms with van der Waals surface area (Å²) in [5, 5.41) is 0. The van der Waals surface area contributed by atoms with E-state index in [-0.39, 0.29) is 5.60 Å². The molecule has 0 aromatic carbocycles. The molecule has 3 heteroatoms. The number of methoxy groups -OCH3 is 3. The zero-order chi connectivity index (χ0) is 9.90. The molecule has 1 aliphatic rings. The van der Waals surface area contributed by atoms with Crippen molar-refractivity contribution in [2.24, 2.45) is 0 Å². The Morgan fingerprint density at radius 1 is 1.23 bits per heavy atom. The summed E-state index contributed by atoms with van der Waals surface area (Å²) >= 11 is 0. The monoisotopic (exact) mass is 184 g/mol. The molecule has 0 radical (unpaired) electrons. The molecule has 1 unspecified atom stereocenters. The van der Waals surface area contributed by atoms with Crippen molar-refractivity contribution < 1.29 is 14.2 Å². The predicted molar refractivity (Wildman–Crippen MR) is 50.2 cm³/mol. The summed E-state index contributed by atoms with van der Waals surface area (Å²) in [5.41, 5.74) is -0.314. The first-order valence-electron chi connectivity index (χ1n) is 4.20. The van der Waals surface area contributed by atoms with Gasteiger partial charge in [0.15, 0.2) is 0 Å². The van der Waals surface area contributed by atoms with E-state index in [9.17, 15) is 0 Å². The second-order valence-corrected chi connectivity index (χ2v) is 3.26. The molecule has 13 heavy (non-hydrogen) atoms. The third-order valence-electron chi connectivity index (χ3n) is 2.24. The van der Waals surface area contributed by atoms with Crippen LogP contribution in [0.4, 0.5) is 0 Å². The van der Waals surface area contributed by atoms with Crippen LogP contribution in [0.25, 0.3) is 0 Å². The molecule has 0 spiro atoms. The van der Waals surface area contributed by atoms with Gasteiger partial charge in [0.25, 0.3) is 0 Å². The predicted octanol–water partition coefficient (Wildman–Crippen LogP) is 1.86. The molecular formula is C10H16O3. The average Bonchev–Trinajstić information content (AvgIpc) is 2.17. The van der Waals surface area contributed by atoms with Crippen molar-refractivity contribution in [3.63, 3.8) is 0 Å². The van der Waals surface area contributed by atoms with Crippen molar-refractivity contribution in [2.75, 3.05) is 21.3 Å². The third-order valence-corrected chi connectivity index (χ3v) is 2.24. The quantitative estimate of drug-likeness (QED) is 0.670. The van der Waals surface area contributed by atoms with Crippen molar-refractivity contribution >= 4 is 0 Å². The second kappa shape index (κ2) is 3.83. The Morgan fingerprint density at radius 3 is 2.38 bits per heavy atom. The third kappa shape index (κ3) is 2.25. The molecule has 0 aliphatic heterocycles. The molecular weight excluding hydrogens is 168 g/mol. The molecule has 1 aliphatic carbocycles. The Hall–Kier alpha value is -0.960. The Labute approximate surface area is 79.0 Å². The van der Waals surface area contributed by atoms with Gasteiger partial charge in [-0.1, -0.05) is 0 Å². The minimum atomic E-state index is -0.314. The highest BCUT2D eigenvalue weighted by Crippen LogP contribution is 2.29. The lowest BCUT2D eigenvalue weighted by Crippen LogP contribution is -2.28. The van der Waals surface area contributed by atoms with E-state index in [4.69, 9.17) is 14.2 Å². The molecule has 1 rings (SSSR count). The van der Waals surface area contributed by atoms with Crippen LogP contribution in [0.3, 0.4) is 0 Å². The summed E-state index contributed by atoms with van der Waals surface area (Å²) in [5.74, 6) is 1.66. The summed E-state index contributed by atoms with van der Waals surface area (Å²) in [6.07, 6.45) is 4.57. The van der Waals surface area contributed by atoms with E-state index in [1.54, 1.807) is 21.3 Å². The SMILES string of the molecule is COC1=CC(C)(OC)CC(OC)=C1. The van der Waals surface area contributed by atoms with Crippen LogP contribution in [0.1, 0.15) is 13.3 Å². The van der Waals surface area contributed by atoms with Crippen LogP contribution in [-0.2, 0) is 14.2 Å². The van der Waals surface area contributed by atoms with E-state index in [0.29, 0.717) is 0 Å². The average molecular weight is 184 g/mol. The number of hydrogen-bond donors (Lipinski definition) is 0. The number of ether oxygens (including phenoxy) is 3. The van der Waals surface area contributed by atoms with E-state index in [0.717, 1.165) is 17.9 Å². The van der Waals surface area contributed by atoms with Crippen LogP contribution in [0.15, 0.2) is 23.7 Å². The summed E-state index contributed by atoms with van der Waals surface area (Å²) < 4.78 is 15.7. The van der Waals surface area contributed by atoms with Crippen LogP contribution >= 0.6 is 0 Å². The number of hydrogen-bond acceptors (Lipinski definition) is 3. The standard InChI is InChI=1S/C10H16O3/c1-10(13-4)6-8(11-2)5-9(7-10)12-3/h5-6H,7H2,1-4H3. The summed E-state index contributed by atoms with van der Waals surface area (Å²) in [6.45, 7) is 2.00. The molecule has 0 aromatic heterocycles. The molecule has 1 atom stereocenters. The van der Waals surface area contributed by atoms with Crippen molar-refractivity contribution in [1.82, 2.24) is 0 Å². The van der Waals surface area contributed by atoms with Crippen LogP contribution in [0, 0.1) is 0 Å². The Bertz CT molecular complexity index is 243. The highest BCUT2D eigenvalue weighted by molar-refractivity contribution is 5.26. The molecule has 0 amide bonds. The highest BCUT2D eigenvalue weighted by Gasteiger charge is 2.27. The molecule has 0 bridgehead atoms. The normalized spacial score (nSPS) is 27.7. The van der Waals surface area contributed by atoms with E-state index >= 15 is 0 Å². The summed E-state index contributed by atoms with van der Waals surface area (Å²) in [7, 11) is 4.97. The topological polar surface area (TPSA) is 27.7 Å². The minimum Gasteiger partial charge on any atom is -0.501 e. The van der Waals surface area contributed by atoms with Crippen LogP contribution < -0.4 is 0 Å². The van der Waals surface area contributed by atoms with Gasteiger partial charge in [-0.2, -0.15) is 0 Å². The van der Waals surface area contributed by atoms with Crippen LogP contribution in [-0.4, -0.2) is 26.9 Å². The minimum absolute atomic E-state index is 0.314. The zero-order valence-corrected chi connectivity index (χ0v) is 8.59. The van der Waals surface area contributed by atoms with Gasteiger partial charge in [0.05, 0.1) is 19.8 Å². The molecule has 0 fully saturated rings. The fourth-order valence-corrected chi connectivity index (χ4v) is 1.33. The fraction of sp³-hybridized carbons (Fsp3) is 0.600. The number of allylic oxidation sites excluding steroid dienone is 1. The molecule has 0 heterocycles. The molecule has 0 saturated carbocycles. The maximum atomic E-state index is 5.37. The molecule has 0 saturated heterocycles. The van der Waals surface area contributed by atoms with E-state index < -0.39 is 0 Å². The molecule has 0 N–H and O–H groups in total. The van der Waals surface area contributed by atoms with E-state index in [1.807, 2.05) is 19.1 Å². The first-order valence-corrected chi connectivity index (χ1v) is 4.20. The smallest absolute Gasteiger partial charge is 0.121 e. The van der Waals surface area contributed by atoms with E-state index in [2.05, 4.69) is 0 Å². The largest absolute Gasteiger partial charge is 0.501 e. The van der Waals surface area contributed by atoms with Crippen molar-refractivity contribution in [3.8, 4) is 0 Å². The van der Waals surface area contributed by atoms with Gasteiger partial charge in [-0.25, -0.2) is 0 Å². The van der Waals surface area contributed by atoms with Gasteiger partial charge >= 0.3 is 0 Å². The molecule has 3 nitrogen and oxygen atoms in total. The zero-order valence-electron chi connectivity index (χ0n) is 8.59. The molecule has 74 valence electrons. The lowest BCUT2D eigenvalue weighted by atomic mass is 9.95.